The van der Waals surface area contributed by atoms with E-state index in [0.29, 0.717) is 10.2 Å². The fraction of sp³-hybridized carbons (Fsp3) is 0.308. The highest BCUT2D eigenvalue weighted by atomic mass is 35.5. The van der Waals surface area contributed by atoms with Gasteiger partial charge in [-0.1, -0.05) is 11.6 Å². The van der Waals surface area contributed by atoms with E-state index in [0.717, 1.165) is 6.07 Å². The summed E-state index contributed by atoms with van der Waals surface area (Å²) in [6.45, 7) is 1.74. The van der Waals surface area contributed by atoms with Crippen molar-refractivity contribution in [2.75, 3.05) is 0 Å². The second kappa shape index (κ2) is 6.34. The van der Waals surface area contributed by atoms with E-state index >= 15 is 0 Å². The molecule has 0 bridgehead atoms. The molecule has 1 atom stereocenters. The molecule has 0 amide bonds. The number of benzene rings is 1. The van der Waals surface area contributed by atoms with Gasteiger partial charge in [0.25, 0.3) is 0 Å². The average molecular weight is 353 g/mol. The lowest BCUT2D eigenvalue weighted by atomic mass is 10.1. The largest absolute Gasteiger partial charge is 0.355 e. The molecule has 2 rings (SSSR count). The van der Waals surface area contributed by atoms with Gasteiger partial charge in [-0.15, -0.1) is 16.7 Å². The minimum Gasteiger partial charge on any atom is -0.245 e. The summed E-state index contributed by atoms with van der Waals surface area (Å²) in [5.74, 6) is -1.09. The van der Waals surface area contributed by atoms with Gasteiger partial charge in [-0.05, 0) is 38.0 Å². The van der Waals surface area contributed by atoms with E-state index in [9.17, 15) is 18.0 Å². The molecular formula is C13H11Cl2F3N3O. The van der Waals surface area contributed by atoms with Crippen LogP contribution in [0.15, 0.2) is 16.9 Å². The van der Waals surface area contributed by atoms with Crippen LogP contribution in [-0.4, -0.2) is 19.7 Å². The molecular weight excluding hydrogens is 342 g/mol. The molecule has 0 saturated heterocycles. The third-order valence-corrected chi connectivity index (χ3v) is 3.47. The second-order valence-electron chi connectivity index (χ2n) is 4.59. The number of aryl methyl sites for hydroxylation is 1. The van der Waals surface area contributed by atoms with Gasteiger partial charge >= 0.3 is 12.2 Å². The Balaban J connectivity index is 2.63. The standard InChI is InChI=1S/C13H11Cl2F3N3O/c1-6(14)3-8-4-11(10(16)5-9(8)15)21-13(22)20(12(17)18)7(2)19-21/h4-6,12H,1,3H2,2H3. The fourth-order valence-electron chi connectivity index (χ4n) is 2.00. The Kier molecular flexibility index (Phi) is 4.87. The van der Waals surface area contributed by atoms with Gasteiger partial charge in [-0.25, -0.2) is 13.8 Å². The molecule has 0 aliphatic heterocycles. The molecule has 22 heavy (non-hydrogen) atoms. The molecule has 1 aromatic carbocycles. The van der Waals surface area contributed by atoms with E-state index in [1.165, 1.54) is 13.0 Å². The van der Waals surface area contributed by atoms with E-state index in [2.05, 4.69) is 12.0 Å². The number of halogens is 5. The van der Waals surface area contributed by atoms with E-state index < -0.39 is 23.4 Å². The van der Waals surface area contributed by atoms with Crippen LogP contribution in [0.3, 0.4) is 0 Å². The predicted molar refractivity (Wildman–Crippen MR) is 77.5 cm³/mol. The Bertz CT molecular complexity index is 756. The Labute approximate surface area is 134 Å². The summed E-state index contributed by atoms with van der Waals surface area (Å²) in [7, 11) is 0. The van der Waals surface area contributed by atoms with E-state index in [1.54, 1.807) is 0 Å². The number of hydrogen-bond acceptors (Lipinski definition) is 2. The molecule has 1 heterocycles. The van der Waals surface area contributed by atoms with Crippen molar-refractivity contribution < 1.29 is 13.2 Å². The van der Waals surface area contributed by atoms with Crippen LogP contribution in [0.1, 0.15) is 17.9 Å². The van der Waals surface area contributed by atoms with Crippen molar-refractivity contribution >= 4 is 23.2 Å². The predicted octanol–water partition coefficient (Wildman–Crippen LogP) is 3.51. The first kappa shape index (κ1) is 16.9. The van der Waals surface area contributed by atoms with Crippen molar-refractivity contribution in [3.8, 4) is 5.69 Å². The summed E-state index contributed by atoms with van der Waals surface area (Å²) in [5.41, 5.74) is -0.981. The molecule has 1 aromatic heterocycles. The van der Waals surface area contributed by atoms with Gasteiger partial charge in [-0.3, -0.25) is 0 Å². The first-order valence-corrected chi connectivity index (χ1v) is 6.95. The summed E-state index contributed by atoms with van der Waals surface area (Å²) >= 11 is 11.7. The first-order chi connectivity index (χ1) is 10.2. The first-order valence-electron chi connectivity index (χ1n) is 6.14. The van der Waals surface area contributed by atoms with Gasteiger partial charge in [0.05, 0.1) is 0 Å². The van der Waals surface area contributed by atoms with Gasteiger partial charge in [0.1, 0.15) is 11.5 Å². The molecule has 0 fully saturated rings. The summed E-state index contributed by atoms with van der Waals surface area (Å²) in [4.78, 5) is 11.9. The Morgan fingerprint density at radius 2 is 2.05 bits per heavy atom. The molecule has 1 unspecified atom stereocenters. The molecule has 0 N–H and O–H groups in total. The van der Waals surface area contributed by atoms with E-state index in [1.807, 2.05) is 0 Å². The smallest absolute Gasteiger partial charge is 0.245 e. The highest BCUT2D eigenvalue weighted by Gasteiger charge is 2.21. The second-order valence-corrected chi connectivity index (χ2v) is 5.61. The van der Waals surface area contributed by atoms with Crippen LogP contribution in [0.2, 0.25) is 5.02 Å². The van der Waals surface area contributed by atoms with Gasteiger partial charge in [0.15, 0.2) is 5.82 Å². The van der Waals surface area contributed by atoms with Crippen LogP contribution in [0.25, 0.3) is 5.69 Å². The quantitative estimate of drug-likeness (QED) is 0.790. The SMILES string of the molecule is [CH2]C(Cl)Cc1cc(-n2nc(C)n(C(F)F)c2=O)c(F)cc1Cl. The topological polar surface area (TPSA) is 39.8 Å². The molecule has 1 radical (unpaired) electrons. The fourth-order valence-corrected chi connectivity index (χ4v) is 2.39. The van der Waals surface area contributed by atoms with E-state index in [-0.39, 0.29) is 27.5 Å². The Morgan fingerprint density at radius 1 is 1.41 bits per heavy atom. The van der Waals surface area contributed by atoms with Crippen LogP contribution in [0.5, 0.6) is 0 Å². The molecule has 4 nitrogen and oxygen atoms in total. The summed E-state index contributed by atoms with van der Waals surface area (Å²) < 4.78 is 40.4. The Hall–Kier alpha value is -1.47. The number of hydrogen-bond donors (Lipinski definition) is 0. The summed E-state index contributed by atoms with van der Waals surface area (Å²) in [6.07, 6.45) is 0.219. The number of alkyl halides is 3. The monoisotopic (exact) mass is 352 g/mol. The van der Waals surface area contributed by atoms with Gasteiger partial charge in [0, 0.05) is 10.4 Å². The van der Waals surface area contributed by atoms with Crippen LogP contribution < -0.4 is 5.69 Å². The van der Waals surface area contributed by atoms with Crippen molar-refractivity contribution in [1.82, 2.24) is 14.3 Å². The Morgan fingerprint density at radius 3 is 2.55 bits per heavy atom. The maximum Gasteiger partial charge on any atom is 0.355 e. The van der Waals surface area contributed by atoms with Gasteiger partial charge < -0.3 is 0 Å². The maximum atomic E-state index is 14.0. The van der Waals surface area contributed by atoms with Crippen molar-refractivity contribution in [2.45, 2.75) is 25.3 Å². The minimum absolute atomic E-state index is 0.105. The van der Waals surface area contributed by atoms with Crippen molar-refractivity contribution in [3.63, 3.8) is 0 Å². The van der Waals surface area contributed by atoms with Crippen LogP contribution >= 0.6 is 23.2 Å². The van der Waals surface area contributed by atoms with Crippen LogP contribution in [0.4, 0.5) is 13.2 Å². The zero-order valence-corrected chi connectivity index (χ0v) is 12.9. The molecule has 119 valence electrons. The number of aromatic nitrogens is 3. The number of nitrogens with zero attached hydrogens (tertiary/aromatic N) is 3. The van der Waals surface area contributed by atoms with Crippen molar-refractivity contribution in [2.24, 2.45) is 0 Å². The minimum atomic E-state index is -3.07. The van der Waals surface area contributed by atoms with Gasteiger partial charge in [-0.2, -0.15) is 13.5 Å². The normalized spacial score (nSPS) is 12.9. The number of rotatable bonds is 4. The third-order valence-electron chi connectivity index (χ3n) is 2.96. The molecule has 2 aromatic rings. The van der Waals surface area contributed by atoms with Crippen LogP contribution in [0, 0.1) is 19.7 Å². The highest BCUT2D eigenvalue weighted by Crippen LogP contribution is 2.25. The highest BCUT2D eigenvalue weighted by molar-refractivity contribution is 6.31. The molecule has 0 aliphatic rings. The lowest BCUT2D eigenvalue weighted by molar-refractivity contribution is 0.0640. The lowest BCUT2D eigenvalue weighted by Crippen LogP contribution is -2.25. The van der Waals surface area contributed by atoms with E-state index in [4.69, 9.17) is 23.2 Å². The molecule has 0 spiro atoms. The molecule has 9 heteroatoms. The zero-order chi connectivity index (χ0) is 16.6. The average Bonchev–Trinajstić information content (AvgIpc) is 2.67. The van der Waals surface area contributed by atoms with Crippen molar-refractivity contribution in [1.29, 1.82) is 0 Å². The summed E-state index contributed by atoms with van der Waals surface area (Å²) in [6, 6.07) is 2.23. The zero-order valence-electron chi connectivity index (χ0n) is 11.4. The lowest BCUT2D eigenvalue weighted by Gasteiger charge is -2.09. The maximum absolute atomic E-state index is 14.0. The molecule has 0 saturated carbocycles. The third kappa shape index (κ3) is 3.15. The van der Waals surface area contributed by atoms with Crippen molar-refractivity contribution in [3.05, 3.63) is 51.8 Å². The summed E-state index contributed by atoms with van der Waals surface area (Å²) in [5, 5.41) is 3.25. The molecule has 0 aliphatic carbocycles. The van der Waals surface area contributed by atoms with Crippen LogP contribution in [-0.2, 0) is 6.42 Å². The van der Waals surface area contributed by atoms with Gasteiger partial charge in [0.2, 0.25) is 0 Å².